The Bertz CT molecular complexity index is 1550. The van der Waals surface area contributed by atoms with Crippen LogP contribution in [-0.4, -0.2) is 70.4 Å². The van der Waals surface area contributed by atoms with Crippen molar-refractivity contribution in [2.45, 2.75) is 77.9 Å². The largest absolute Gasteiger partial charge is 0.497 e. The van der Waals surface area contributed by atoms with E-state index in [2.05, 4.69) is 20.8 Å². The van der Waals surface area contributed by atoms with E-state index in [4.69, 9.17) is 9.15 Å². The average molecular weight is 636 g/mol. The number of ketones is 1. The van der Waals surface area contributed by atoms with Gasteiger partial charge >= 0.3 is 0 Å². The lowest BCUT2D eigenvalue weighted by Gasteiger charge is -2.31. The number of carbonyl (C=O) groups is 4. The van der Waals surface area contributed by atoms with E-state index >= 15 is 0 Å². The van der Waals surface area contributed by atoms with Crippen molar-refractivity contribution in [2.24, 2.45) is 11.8 Å². The molecule has 0 spiro atoms. The molecule has 0 saturated carbocycles. The van der Waals surface area contributed by atoms with Crippen LogP contribution >= 0.6 is 0 Å². The molecule has 1 saturated heterocycles. The molecule has 11 nitrogen and oxygen atoms in total. The highest BCUT2D eigenvalue weighted by atomic mass is 19.1. The van der Waals surface area contributed by atoms with E-state index in [9.17, 15) is 23.6 Å². The summed E-state index contributed by atoms with van der Waals surface area (Å²) in [6.07, 6.45) is 0.997. The smallest absolute Gasteiger partial charge is 0.286 e. The summed E-state index contributed by atoms with van der Waals surface area (Å²) in [5.74, 6) is -2.28. The van der Waals surface area contributed by atoms with Crippen LogP contribution in [-0.2, 0) is 15.0 Å². The molecule has 3 amide bonds. The van der Waals surface area contributed by atoms with Crippen LogP contribution in [0.4, 0.5) is 4.39 Å². The van der Waals surface area contributed by atoms with Gasteiger partial charge < -0.3 is 24.7 Å². The molecule has 1 unspecified atom stereocenters. The van der Waals surface area contributed by atoms with Crippen LogP contribution < -0.4 is 15.4 Å². The Morgan fingerprint density at radius 3 is 2.15 bits per heavy atom. The lowest BCUT2D eigenvalue weighted by Crippen LogP contribution is -2.57. The number of carbonyl (C=O) groups excluding carboxylic acids is 4. The van der Waals surface area contributed by atoms with Gasteiger partial charge in [0, 0.05) is 12.1 Å². The zero-order valence-electron chi connectivity index (χ0n) is 27.3. The summed E-state index contributed by atoms with van der Waals surface area (Å²) in [5, 5.41) is 13.7. The molecule has 1 aliphatic rings. The number of Topliss-reactive ketones (excluding diaryl/α,β-unsaturated/α-hetero) is 1. The van der Waals surface area contributed by atoms with Gasteiger partial charge in [-0.1, -0.05) is 39.8 Å². The van der Waals surface area contributed by atoms with Crippen LogP contribution in [0.3, 0.4) is 0 Å². The van der Waals surface area contributed by atoms with E-state index in [0.717, 1.165) is 5.56 Å². The Labute approximate surface area is 268 Å². The number of ether oxygens (including phenoxy) is 1. The Hall–Kier alpha value is -4.61. The molecule has 1 aromatic heterocycles. The zero-order chi connectivity index (χ0) is 33.8. The maximum atomic E-state index is 13.8. The molecule has 3 aromatic rings. The van der Waals surface area contributed by atoms with Crippen molar-refractivity contribution in [1.29, 1.82) is 0 Å². The second-order valence-corrected chi connectivity index (χ2v) is 12.8. The van der Waals surface area contributed by atoms with Crippen molar-refractivity contribution in [3.8, 4) is 5.75 Å². The number of rotatable bonds is 12. The lowest BCUT2D eigenvalue weighted by atomic mass is 9.84. The number of halogens is 1. The maximum absolute atomic E-state index is 13.8. The third kappa shape index (κ3) is 7.43. The van der Waals surface area contributed by atoms with Crippen LogP contribution in [0.2, 0.25) is 0 Å². The third-order valence-corrected chi connectivity index (χ3v) is 8.39. The monoisotopic (exact) mass is 635 g/mol. The molecule has 0 bridgehead atoms. The minimum absolute atomic E-state index is 0.167. The van der Waals surface area contributed by atoms with Gasteiger partial charge in [-0.05, 0) is 80.5 Å². The van der Waals surface area contributed by atoms with Crippen molar-refractivity contribution < 1.29 is 32.7 Å². The molecular formula is C34H42FN5O6. The van der Waals surface area contributed by atoms with Crippen molar-refractivity contribution >= 4 is 23.5 Å². The van der Waals surface area contributed by atoms with Crippen LogP contribution in [0.15, 0.2) is 52.9 Å². The van der Waals surface area contributed by atoms with Gasteiger partial charge in [-0.2, -0.15) is 0 Å². The summed E-state index contributed by atoms with van der Waals surface area (Å²) >= 11 is 0. The Morgan fingerprint density at radius 1 is 0.935 bits per heavy atom. The third-order valence-electron chi connectivity index (χ3n) is 8.39. The number of benzene rings is 2. The first-order valence-electron chi connectivity index (χ1n) is 15.4. The summed E-state index contributed by atoms with van der Waals surface area (Å²) in [7, 11) is 1.53. The highest BCUT2D eigenvalue weighted by Crippen LogP contribution is 2.31. The molecule has 0 radical (unpaired) electrons. The van der Waals surface area contributed by atoms with Crippen molar-refractivity contribution in [2.75, 3.05) is 13.7 Å². The molecule has 0 aliphatic carbocycles. The molecule has 1 fully saturated rings. The quantitative estimate of drug-likeness (QED) is 0.280. The minimum Gasteiger partial charge on any atom is -0.497 e. The molecule has 2 N–H and O–H groups in total. The van der Waals surface area contributed by atoms with E-state index < -0.39 is 41.1 Å². The van der Waals surface area contributed by atoms with Gasteiger partial charge in [0.05, 0.1) is 18.6 Å². The number of aromatic nitrogens is 2. The van der Waals surface area contributed by atoms with E-state index in [1.807, 2.05) is 27.7 Å². The van der Waals surface area contributed by atoms with Gasteiger partial charge in [0.25, 0.3) is 11.8 Å². The summed E-state index contributed by atoms with van der Waals surface area (Å²) in [5.41, 5.74) is 0.283. The Morgan fingerprint density at radius 2 is 1.57 bits per heavy atom. The molecule has 2 aromatic carbocycles. The maximum Gasteiger partial charge on any atom is 0.286 e. The van der Waals surface area contributed by atoms with E-state index in [1.165, 1.54) is 24.1 Å². The first-order valence-corrected chi connectivity index (χ1v) is 15.4. The lowest BCUT2D eigenvalue weighted by molar-refractivity contribution is -0.140. The SMILES string of the molecule is COc1ccc(C(=O)N[C@H](C(=O)N2CCC[C@H]2C(=O)NC(C(=O)c2nnc(C(C)(C)c3ccc(F)cc3)o2)C(C)C)C(C)C)cc1. The molecule has 46 heavy (non-hydrogen) atoms. The number of hydrogen-bond acceptors (Lipinski definition) is 8. The molecule has 12 heteroatoms. The molecule has 2 heterocycles. The predicted molar refractivity (Wildman–Crippen MR) is 168 cm³/mol. The van der Waals surface area contributed by atoms with Gasteiger partial charge in [0.2, 0.25) is 23.5 Å². The van der Waals surface area contributed by atoms with Gasteiger partial charge in [-0.15, -0.1) is 10.2 Å². The molecule has 3 atom stereocenters. The van der Waals surface area contributed by atoms with E-state index in [1.54, 1.807) is 50.2 Å². The Kier molecular flexibility index (Phi) is 10.6. The topological polar surface area (TPSA) is 144 Å². The van der Waals surface area contributed by atoms with Crippen LogP contribution in [0.5, 0.6) is 5.75 Å². The van der Waals surface area contributed by atoms with Crippen molar-refractivity contribution in [3.63, 3.8) is 0 Å². The fraction of sp³-hybridized carbons (Fsp3) is 0.471. The fourth-order valence-electron chi connectivity index (χ4n) is 5.45. The summed E-state index contributed by atoms with van der Waals surface area (Å²) in [4.78, 5) is 55.5. The highest BCUT2D eigenvalue weighted by molar-refractivity contribution is 6.01. The first kappa shape index (κ1) is 34.3. The average Bonchev–Trinajstić information content (AvgIpc) is 3.73. The van der Waals surface area contributed by atoms with E-state index in [0.29, 0.717) is 30.7 Å². The fourth-order valence-corrected chi connectivity index (χ4v) is 5.45. The van der Waals surface area contributed by atoms with Gasteiger partial charge in [-0.25, -0.2) is 4.39 Å². The van der Waals surface area contributed by atoms with Crippen LogP contribution in [0, 0.1) is 17.7 Å². The number of likely N-dealkylation sites (tertiary alicyclic amines) is 1. The zero-order valence-corrected chi connectivity index (χ0v) is 27.3. The van der Waals surface area contributed by atoms with Crippen molar-refractivity contribution in [3.05, 3.63) is 77.3 Å². The van der Waals surface area contributed by atoms with Gasteiger partial charge in [0.15, 0.2) is 0 Å². The van der Waals surface area contributed by atoms with Crippen LogP contribution in [0.1, 0.15) is 86.9 Å². The Balaban J connectivity index is 1.47. The summed E-state index contributed by atoms with van der Waals surface area (Å²) in [6, 6.07) is 9.75. The van der Waals surface area contributed by atoms with Crippen LogP contribution in [0.25, 0.3) is 0 Å². The molecular weight excluding hydrogens is 593 g/mol. The normalized spacial score (nSPS) is 16.3. The van der Waals surface area contributed by atoms with E-state index in [-0.39, 0.29) is 35.3 Å². The standard InChI is InChI=1S/C34H42FN5O6/c1-19(2)26(28(41)31-38-39-33(46-31)34(5,6)22-12-14-23(35)15-13-22)36-30(43)25-9-8-18-40(25)32(44)27(20(3)4)37-29(42)21-10-16-24(45-7)17-11-21/h10-17,19-20,25-27H,8-9,18H2,1-7H3,(H,36,43)(H,37,42)/t25-,26?,27-/m0/s1. The number of methoxy groups -OCH3 is 1. The van der Waals surface area contributed by atoms with Gasteiger partial charge in [-0.3, -0.25) is 19.2 Å². The number of hydrogen-bond donors (Lipinski definition) is 2. The first-order chi connectivity index (χ1) is 21.7. The number of nitrogens with zero attached hydrogens (tertiary/aromatic N) is 3. The minimum atomic E-state index is -0.997. The number of amides is 3. The second kappa shape index (κ2) is 14.2. The predicted octanol–water partition coefficient (Wildman–Crippen LogP) is 4.31. The van der Waals surface area contributed by atoms with Crippen molar-refractivity contribution in [1.82, 2.24) is 25.7 Å². The second-order valence-electron chi connectivity index (χ2n) is 12.8. The molecule has 4 rings (SSSR count). The highest BCUT2D eigenvalue weighted by Gasteiger charge is 2.41. The number of nitrogens with one attached hydrogen (secondary N) is 2. The summed E-state index contributed by atoms with van der Waals surface area (Å²) in [6.45, 7) is 11.2. The van der Waals surface area contributed by atoms with Gasteiger partial charge in [0.1, 0.15) is 23.7 Å². The molecule has 1 aliphatic heterocycles. The molecule has 246 valence electrons. The summed E-state index contributed by atoms with van der Waals surface area (Å²) < 4.78 is 24.4.